The Kier molecular flexibility index (Phi) is 4.52. The SMILES string of the molecule is COc1ccc(CN2CCOCC2CN)c(F)c1. The number of morpholine rings is 1. The normalized spacial score (nSPS) is 20.9. The van der Waals surface area contributed by atoms with Crippen LogP contribution in [-0.2, 0) is 11.3 Å². The molecule has 0 aromatic heterocycles. The fraction of sp³-hybridized carbons (Fsp3) is 0.538. The molecule has 2 N–H and O–H groups in total. The van der Waals surface area contributed by atoms with Gasteiger partial charge in [0.15, 0.2) is 0 Å². The second-order valence-corrected chi connectivity index (χ2v) is 4.39. The summed E-state index contributed by atoms with van der Waals surface area (Å²) in [5.74, 6) is 0.296. The first-order chi connectivity index (χ1) is 8.74. The Hall–Kier alpha value is -1.17. The minimum Gasteiger partial charge on any atom is -0.497 e. The van der Waals surface area contributed by atoms with Crippen LogP contribution in [-0.4, -0.2) is 44.4 Å². The molecule has 18 heavy (non-hydrogen) atoms. The molecule has 1 aromatic carbocycles. The van der Waals surface area contributed by atoms with Crippen molar-refractivity contribution >= 4 is 0 Å². The number of nitrogens with zero attached hydrogens (tertiary/aromatic N) is 1. The third kappa shape index (κ3) is 2.98. The summed E-state index contributed by atoms with van der Waals surface area (Å²) in [6.07, 6.45) is 0. The van der Waals surface area contributed by atoms with Crippen molar-refractivity contribution in [2.75, 3.05) is 33.4 Å². The molecule has 1 atom stereocenters. The molecule has 2 rings (SSSR count). The van der Waals surface area contributed by atoms with Crippen LogP contribution in [0.5, 0.6) is 5.75 Å². The number of hydrogen-bond acceptors (Lipinski definition) is 4. The van der Waals surface area contributed by atoms with Gasteiger partial charge in [-0.2, -0.15) is 0 Å². The predicted molar refractivity (Wildman–Crippen MR) is 67.0 cm³/mol. The Morgan fingerprint density at radius 1 is 1.56 bits per heavy atom. The molecule has 1 aromatic rings. The second kappa shape index (κ2) is 6.13. The monoisotopic (exact) mass is 254 g/mol. The van der Waals surface area contributed by atoms with Gasteiger partial charge in [0.2, 0.25) is 0 Å². The van der Waals surface area contributed by atoms with Crippen LogP contribution in [0, 0.1) is 5.82 Å². The molecule has 1 heterocycles. The molecule has 0 radical (unpaired) electrons. The quantitative estimate of drug-likeness (QED) is 0.870. The van der Waals surface area contributed by atoms with E-state index in [0.29, 0.717) is 37.6 Å². The lowest BCUT2D eigenvalue weighted by Crippen LogP contribution is -2.48. The first-order valence-electron chi connectivity index (χ1n) is 6.09. The average Bonchev–Trinajstić information content (AvgIpc) is 2.41. The lowest BCUT2D eigenvalue weighted by Gasteiger charge is -2.34. The van der Waals surface area contributed by atoms with E-state index < -0.39 is 0 Å². The van der Waals surface area contributed by atoms with Gasteiger partial charge in [0.05, 0.1) is 20.3 Å². The van der Waals surface area contributed by atoms with Crippen LogP contribution in [0.1, 0.15) is 5.56 Å². The van der Waals surface area contributed by atoms with Crippen molar-refractivity contribution in [1.29, 1.82) is 0 Å². The lowest BCUT2D eigenvalue weighted by molar-refractivity contribution is -0.00836. The first kappa shape index (κ1) is 13.3. The number of methoxy groups -OCH3 is 1. The molecule has 5 heteroatoms. The number of nitrogens with two attached hydrogens (primary N) is 1. The topological polar surface area (TPSA) is 47.7 Å². The fourth-order valence-electron chi connectivity index (χ4n) is 2.12. The minimum atomic E-state index is -0.239. The largest absolute Gasteiger partial charge is 0.497 e. The van der Waals surface area contributed by atoms with Gasteiger partial charge in [-0.3, -0.25) is 4.90 Å². The smallest absolute Gasteiger partial charge is 0.131 e. The van der Waals surface area contributed by atoms with E-state index in [-0.39, 0.29) is 11.9 Å². The van der Waals surface area contributed by atoms with E-state index in [1.165, 1.54) is 13.2 Å². The minimum absolute atomic E-state index is 0.167. The molecular formula is C13H19FN2O2. The molecule has 4 nitrogen and oxygen atoms in total. The van der Waals surface area contributed by atoms with E-state index in [1.807, 2.05) is 0 Å². The van der Waals surface area contributed by atoms with Crippen molar-refractivity contribution < 1.29 is 13.9 Å². The highest BCUT2D eigenvalue weighted by Gasteiger charge is 2.22. The molecule has 0 saturated carbocycles. The Balaban J connectivity index is 2.07. The Morgan fingerprint density at radius 3 is 3.06 bits per heavy atom. The standard InChI is InChI=1S/C13H19FN2O2/c1-17-12-3-2-10(13(14)6-12)8-16-4-5-18-9-11(16)7-15/h2-3,6,11H,4-5,7-9,15H2,1H3. The van der Waals surface area contributed by atoms with E-state index in [1.54, 1.807) is 12.1 Å². The van der Waals surface area contributed by atoms with E-state index in [9.17, 15) is 4.39 Å². The zero-order valence-electron chi connectivity index (χ0n) is 10.6. The molecule has 0 aliphatic carbocycles. The van der Waals surface area contributed by atoms with Crippen LogP contribution < -0.4 is 10.5 Å². The zero-order valence-corrected chi connectivity index (χ0v) is 10.6. The van der Waals surface area contributed by atoms with Crippen LogP contribution in [0.4, 0.5) is 4.39 Å². The van der Waals surface area contributed by atoms with Crippen molar-refractivity contribution in [3.8, 4) is 5.75 Å². The highest BCUT2D eigenvalue weighted by molar-refractivity contribution is 5.28. The Labute approximate surface area is 106 Å². The van der Waals surface area contributed by atoms with Crippen LogP contribution in [0.2, 0.25) is 0 Å². The molecule has 1 saturated heterocycles. The molecule has 0 amide bonds. The van der Waals surface area contributed by atoms with Crippen molar-refractivity contribution in [3.05, 3.63) is 29.6 Å². The first-order valence-corrected chi connectivity index (χ1v) is 6.09. The predicted octanol–water partition coefficient (Wildman–Crippen LogP) is 0.994. The van der Waals surface area contributed by atoms with Crippen LogP contribution in [0.25, 0.3) is 0 Å². The third-order valence-electron chi connectivity index (χ3n) is 3.26. The molecule has 1 unspecified atom stereocenters. The maximum atomic E-state index is 13.9. The van der Waals surface area contributed by atoms with Gasteiger partial charge in [0.1, 0.15) is 11.6 Å². The van der Waals surface area contributed by atoms with Gasteiger partial charge in [-0.25, -0.2) is 4.39 Å². The number of rotatable bonds is 4. The number of hydrogen-bond donors (Lipinski definition) is 1. The average molecular weight is 254 g/mol. The maximum Gasteiger partial charge on any atom is 0.131 e. The summed E-state index contributed by atoms with van der Waals surface area (Å²) < 4.78 is 24.2. The van der Waals surface area contributed by atoms with Crippen molar-refractivity contribution in [2.24, 2.45) is 5.73 Å². The van der Waals surface area contributed by atoms with Gasteiger partial charge in [-0.15, -0.1) is 0 Å². The zero-order chi connectivity index (χ0) is 13.0. The fourth-order valence-corrected chi connectivity index (χ4v) is 2.12. The van der Waals surface area contributed by atoms with Gasteiger partial charge in [-0.05, 0) is 6.07 Å². The Bertz CT molecular complexity index is 401. The van der Waals surface area contributed by atoms with Crippen molar-refractivity contribution in [1.82, 2.24) is 4.90 Å². The summed E-state index contributed by atoms with van der Waals surface area (Å²) in [6, 6.07) is 5.11. The van der Waals surface area contributed by atoms with Crippen LogP contribution in [0.3, 0.4) is 0 Å². The van der Waals surface area contributed by atoms with E-state index in [4.69, 9.17) is 15.2 Å². The molecule has 0 spiro atoms. The summed E-state index contributed by atoms with van der Waals surface area (Å²) in [4.78, 5) is 2.16. The van der Waals surface area contributed by atoms with E-state index in [2.05, 4.69) is 4.90 Å². The summed E-state index contributed by atoms with van der Waals surface area (Å²) in [5.41, 5.74) is 6.36. The lowest BCUT2D eigenvalue weighted by atomic mass is 10.1. The summed E-state index contributed by atoms with van der Waals surface area (Å²) in [5, 5.41) is 0. The number of halogens is 1. The molecule has 0 bridgehead atoms. The summed E-state index contributed by atoms with van der Waals surface area (Å²) >= 11 is 0. The molecular weight excluding hydrogens is 235 g/mol. The van der Waals surface area contributed by atoms with Gasteiger partial charge in [-0.1, -0.05) is 6.07 Å². The highest BCUT2D eigenvalue weighted by Crippen LogP contribution is 2.19. The highest BCUT2D eigenvalue weighted by atomic mass is 19.1. The van der Waals surface area contributed by atoms with Gasteiger partial charge in [0.25, 0.3) is 0 Å². The van der Waals surface area contributed by atoms with Crippen LogP contribution in [0.15, 0.2) is 18.2 Å². The maximum absolute atomic E-state index is 13.9. The Morgan fingerprint density at radius 2 is 2.39 bits per heavy atom. The van der Waals surface area contributed by atoms with Gasteiger partial charge >= 0.3 is 0 Å². The van der Waals surface area contributed by atoms with Crippen molar-refractivity contribution in [3.63, 3.8) is 0 Å². The molecule has 1 fully saturated rings. The van der Waals surface area contributed by atoms with Gasteiger partial charge in [0, 0.05) is 37.3 Å². The summed E-state index contributed by atoms with van der Waals surface area (Å²) in [7, 11) is 1.53. The molecule has 1 aliphatic heterocycles. The second-order valence-electron chi connectivity index (χ2n) is 4.39. The molecule has 100 valence electrons. The summed E-state index contributed by atoms with van der Waals surface area (Å²) in [6.45, 7) is 3.16. The van der Waals surface area contributed by atoms with Gasteiger partial charge < -0.3 is 15.2 Å². The third-order valence-corrected chi connectivity index (χ3v) is 3.26. The van der Waals surface area contributed by atoms with E-state index in [0.717, 1.165) is 6.54 Å². The van der Waals surface area contributed by atoms with Crippen LogP contribution >= 0.6 is 0 Å². The van der Waals surface area contributed by atoms with E-state index >= 15 is 0 Å². The number of ether oxygens (including phenoxy) is 2. The molecule has 1 aliphatic rings. The van der Waals surface area contributed by atoms with Crippen molar-refractivity contribution in [2.45, 2.75) is 12.6 Å². The number of benzene rings is 1.